The minimum atomic E-state index is -0.311. The van der Waals surface area contributed by atoms with Crippen LogP contribution in [0.1, 0.15) is 23.0 Å². The Morgan fingerprint density at radius 2 is 1.50 bits per heavy atom. The summed E-state index contributed by atoms with van der Waals surface area (Å²) in [6.07, 6.45) is -0.311. The molecule has 1 heterocycles. The highest BCUT2D eigenvalue weighted by Gasteiger charge is 2.17. The van der Waals surface area contributed by atoms with E-state index in [0.717, 1.165) is 5.56 Å². The number of ether oxygens (including phenoxy) is 3. The molecule has 0 N–H and O–H groups in total. The molecule has 0 aromatic heterocycles. The lowest BCUT2D eigenvalue weighted by atomic mass is 10.1. The Balaban J connectivity index is 1.76. The molecule has 2 aromatic rings. The second-order valence-corrected chi connectivity index (χ2v) is 4.68. The second-order valence-electron chi connectivity index (χ2n) is 4.68. The molecule has 1 fully saturated rings. The quantitative estimate of drug-likeness (QED) is 0.867. The predicted octanol–water partition coefficient (Wildman–Crippen LogP) is 3.27. The molecular weight excluding hydrogens is 280 g/mol. The summed E-state index contributed by atoms with van der Waals surface area (Å²) in [5.41, 5.74) is 1.56. The third-order valence-corrected chi connectivity index (χ3v) is 3.24. The van der Waals surface area contributed by atoms with Crippen molar-refractivity contribution < 1.29 is 14.2 Å². The van der Waals surface area contributed by atoms with Crippen molar-refractivity contribution in [3.05, 3.63) is 59.2 Å². The van der Waals surface area contributed by atoms with E-state index in [1.807, 2.05) is 36.4 Å². The first-order valence-electron chi connectivity index (χ1n) is 6.75. The first-order chi connectivity index (χ1) is 10.8. The molecule has 0 aliphatic carbocycles. The Bertz CT molecular complexity index is 751. The monoisotopic (exact) mass is 292 g/mol. The van der Waals surface area contributed by atoms with Crippen molar-refractivity contribution in [2.45, 2.75) is 6.29 Å². The van der Waals surface area contributed by atoms with Crippen LogP contribution in [-0.4, -0.2) is 13.2 Å². The molecular formula is C17H12N2O3. The Hall–Kier alpha value is -2.86. The standard InChI is InChI=1S/C17H12N2O3/c18-10-13-3-6-16(9-14(13)11-19)22-15-4-1-12(2-5-15)17-20-7-8-21-17/h1-6,9,17H,7-8H2. The molecule has 0 amide bonds. The zero-order valence-electron chi connectivity index (χ0n) is 11.7. The van der Waals surface area contributed by atoms with Crippen molar-refractivity contribution in [1.29, 1.82) is 10.5 Å². The fraction of sp³-hybridized carbons (Fsp3) is 0.176. The number of nitriles is 2. The van der Waals surface area contributed by atoms with Gasteiger partial charge in [-0.2, -0.15) is 10.5 Å². The first kappa shape index (κ1) is 14.1. The van der Waals surface area contributed by atoms with Crippen molar-refractivity contribution in [2.24, 2.45) is 0 Å². The van der Waals surface area contributed by atoms with Crippen molar-refractivity contribution in [3.63, 3.8) is 0 Å². The van der Waals surface area contributed by atoms with Crippen LogP contribution in [0.2, 0.25) is 0 Å². The second kappa shape index (κ2) is 6.28. The number of benzene rings is 2. The van der Waals surface area contributed by atoms with E-state index in [0.29, 0.717) is 35.8 Å². The third-order valence-electron chi connectivity index (χ3n) is 3.24. The minimum absolute atomic E-state index is 0.296. The van der Waals surface area contributed by atoms with Crippen LogP contribution >= 0.6 is 0 Å². The van der Waals surface area contributed by atoms with E-state index >= 15 is 0 Å². The maximum Gasteiger partial charge on any atom is 0.184 e. The number of rotatable bonds is 3. The molecule has 1 aliphatic heterocycles. The highest BCUT2D eigenvalue weighted by molar-refractivity contribution is 5.50. The molecule has 0 atom stereocenters. The van der Waals surface area contributed by atoms with Crippen molar-refractivity contribution in [2.75, 3.05) is 13.2 Å². The molecule has 2 aromatic carbocycles. The van der Waals surface area contributed by atoms with Crippen molar-refractivity contribution in [1.82, 2.24) is 0 Å². The van der Waals surface area contributed by atoms with Gasteiger partial charge in [-0.1, -0.05) is 12.1 Å². The topological polar surface area (TPSA) is 75.3 Å². The predicted molar refractivity (Wildman–Crippen MR) is 77.0 cm³/mol. The first-order valence-corrected chi connectivity index (χ1v) is 6.75. The smallest absolute Gasteiger partial charge is 0.184 e. The molecule has 1 aliphatic rings. The van der Waals surface area contributed by atoms with E-state index in [1.54, 1.807) is 18.2 Å². The summed E-state index contributed by atoms with van der Waals surface area (Å²) in [5.74, 6) is 1.15. The Labute approximate surface area is 127 Å². The van der Waals surface area contributed by atoms with E-state index < -0.39 is 0 Å². The van der Waals surface area contributed by atoms with E-state index in [-0.39, 0.29) is 6.29 Å². The average molecular weight is 292 g/mol. The summed E-state index contributed by atoms with van der Waals surface area (Å²) in [4.78, 5) is 0. The van der Waals surface area contributed by atoms with E-state index in [1.165, 1.54) is 0 Å². The highest BCUT2D eigenvalue weighted by atomic mass is 16.7. The molecule has 0 unspecified atom stereocenters. The van der Waals surface area contributed by atoms with Crippen LogP contribution in [0.5, 0.6) is 11.5 Å². The van der Waals surface area contributed by atoms with Gasteiger partial charge in [0.25, 0.3) is 0 Å². The zero-order chi connectivity index (χ0) is 15.4. The lowest BCUT2D eigenvalue weighted by Gasteiger charge is -2.11. The van der Waals surface area contributed by atoms with Crippen LogP contribution in [0.15, 0.2) is 42.5 Å². The summed E-state index contributed by atoms with van der Waals surface area (Å²) in [5, 5.41) is 17.9. The van der Waals surface area contributed by atoms with Crippen LogP contribution in [0.3, 0.4) is 0 Å². The van der Waals surface area contributed by atoms with Crippen LogP contribution < -0.4 is 4.74 Å². The van der Waals surface area contributed by atoms with Crippen molar-refractivity contribution in [3.8, 4) is 23.6 Å². The molecule has 0 radical (unpaired) electrons. The van der Waals surface area contributed by atoms with Crippen LogP contribution in [-0.2, 0) is 9.47 Å². The van der Waals surface area contributed by atoms with Gasteiger partial charge in [0.15, 0.2) is 6.29 Å². The fourth-order valence-electron chi connectivity index (χ4n) is 2.16. The normalized spacial score (nSPS) is 14.3. The Kier molecular flexibility index (Phi) is 4.02. The van der Waals surface area contributed by atoms with Gasteiger partial charge >= 0.3 is 0 Å². The number of nitrogens with zero attached hydrogens (tertiary/aromatic N) is 2. The van der Waals surface area contributed by atoms with Crippen LogP contribution in [0.4, 0.5) is 0 Å². The lowest BCUT2D eigenvalue weighted by molar-refractivity contribution is -0.0441. The van der Waals surface area contributed by atoms with Crippen LogP contribution in [0, 0.1) is 22.7 Å². The van der Waals surface area contributed by atoms with Gasteiger partial charge < -0.3 is 14.2 Å². The summed E-state index contributed by atoms with van der Waals surface area (Å²) in [6, 6.07) is 16.1. The molecule has 1 saturated heterocycles. The molecule has 0 spiro atoms. The minimum Gasteiger partial charge on any atom is -0.457 e. The lowest BCUT2D eigenvalue weighted by Crippen LogP contribution is -1.97. The molecule has 5 nitrogen and oxygen atoms in total. The van der Waals surface area contributed by atoms with Gasteiger partial charge in [-0.3, -0.25) is 0 Å². The third kappa shape index (κ3) is 2.91. The highest BCUT2D eigenvalue weighted by Crippen LogP contribution is 2.28. The summed E-state index contributed by atoms with van der Waals surface area (Å²) in [6.45, 7) is 1.20. The molecule has 0 bridgehead atoms. The Morgan fingerprint density at radius 1 is 0.864 bits per heavy atom. The number of hydrogen-bond acceptors (Lipinski definition) is 5. The van der Waals surface area contributed by atoms with E-state index in [4.69, 9.17) is 24.7 Å². The largest absolute Gasteiger partial charge is 0.457 e. The summed E-state index contributed by atoms with van der Waals surface area (Å²) in [7, 11) is 0. The maximum absolute atomic E-state index is 9.01. The van der Waals surface area contributed by atoms with Gasteiger partial charge in [0.1, 0.15) is 23.6 Å². The molecule has 3 rings (SSSR count). The van der Waals surface area contributed by atoms with Gasteiger partial charge in [0.2, 0.25) is 0 Å². The van der Waals surface area contributed by atoms with E-state index in [9.17, 15) is 0 Å². The molecule has 108 valence electrons. The van der Waals surface area contributed by atoms with Gasteiger partial charge in [-0.05, 0) is 30.3 Å². The van der Waals surface area contributed by atoms with E-state index in [2.05, 4.69) is 0 Å². The van der Waals surface area contributed by atoms with Gasteiger partial charge in [0, 0.05) is 5.56 Å². The summed E-state index contributed by atoms with van der Waals surface area (Å²) < 4.78 is 16.5. The van der Waals surface area contributed by atoms with Crippen LogP contribution in [0.25, 0.3) is 0 Å². The Morgan fingerprint density at radius 3 is 2.14 bits per heavy atom. The van der Waals surface area contributed by atoms with Gasteiger partial charge in [-0.15, -0.1) is 0 Å². The average Bonchev–Trinajstić information content (AvgIpc) is 3.10. The van der Waals surface area contributed by atoms with Gasteiger partial charge in [0.05, 0.1) is 24.3 Å². The number of hydrogen-bond donors (Lipinski definition) is 0. The van der Waals surface area contributed by atoms with Gasteiger partial charge in [-0.25, -0.2) is 0 Å². The molecule has 5 heteroatoms. The fourth-order valence-corrected chi connectivity index (χ4v) is 2.16. The SMILES string of the molecule is N#Cc1ccc(Oc2ccc(C3OCCO3)cc2)cc1C#N. The maximum atomic E-state index is 9.01. The zero-order valence-corrected chi connectivity index (χ0v) is 11.7. The molecule has 22 heavy (non-hydrogen) atoms. The summed E-state index contributed by atoms with van der Waals surface area (Å²) >= 11 is 0. The van der Waals surface area contributed by atoms with Crippen molar-refractivity contribution >= 4 is 0 Å². The molecule has 0 saturated carbocycles.